The van der Waals surface area contributed by atoms with Crippen LogP contribution in [0.1, 0.15) is 58.1 Å². The van der Waals surface area contributed by atoms with Crippen LogP contribution in [-0.2, 0) is 26.1 Å². The molecule has 0 saturated carbocycles. The second-order valence-corrected chi connectivity index (χ2v) is 9.30. The van der Waals surface area contributed by atoms with E-state index in [0.717, 1.165) is 0 Å². The fourth-order valence-corrected chi connectivity index (χ4v) is 3.83. The number of benzene rings is 1. The number of aryl methyl sites for hydroxylation is 1. The van der Waals surface area contributed by atoms with Gasteiger partial charge in [-0.05, 0) is 45.7 Å². The molecule has 1 saturated heterocycles. The van der Waals surface area contributed by atoms with Crippen molar-refractivity contribution in [3.63, 3.8) is 0 Å². The fraction of sp³-hybridized carbons (Fsp3) is 0.520. The van der Waals surface area contributed by atoms with E-state index in [2.05, 4.69) is 22.5 Å². The summed E-state index contributed by atoms with van der Waals surface area (Å²) in [5.74, 6) is 5.37. The zero-order chi connectivity index (χ0) is 25.6. The Morgan fingerprint density at radius 2 is 2.00 bits per heavy atom. The summed E-state index contributed by atoms with van der Waals surface area (Å²) < 4.78 is 13.7. The monoisotopic (exact) mass is 484 g/mol. The van der Waals surface area contributed by atoms with E-state index in [0.29, 0.717) is 49.2 Å². The number of imide groups is 1. The largest absolute Gasteiger partial charge is 0.444 e. The molecular formula is C25H32N4O6. The van der Waals surface area contributed by atoms with Gasteiger partial charge in [0.1, 0.15) is 11.6 Å². The summed E-state index contributed by atoms with van der Waals surface area (Å²) in [6.45, 7) is 6.81. The Labute approximate surface area is 203 Å². The zero-order valence-electron chi connectivity index (χ0n) is 20.6. The van der Waals surface area contributed by atoms with Crippen molar-refractivity contribution >= 4 is 28.9 Å². The summed E-state index contributed by atoms with van der Waals surface area (Å²) in [6, 6.07) is 4.67. The quantitative estimate of drug-likeness (QED) is 0.352. The first-order valence-electron chi connectivity index (χ1n) is 11.7. The highest BCUT2D eigenvalue weighted by Gasteiger charge is 2.31. The first-order chi connectivity index (χ1) is 16.6. The smallest absolute Gasteiger partial charge is 0.407 e. The summed E-state index contributed by atoms with van der Waals surface area (Å²) in [6.07, 6.45) is 1.18. The zero-order valence-corrected chi connectivity index (χ0v) is 20.6. The summed E-state index contributed by atoms with van der Waals surface area (Å²) in [5.41, 5.74) is 1.07. The third-order valence-corrected chi connectivity index (χ3v) is 5.35. The maximum absolute atomic E-state index is 12.9. The maximum atomic E-state index is 12.9. The van der Waals surface area contributed by atoms with Gasteiger partial charge in [0.15, 0.2) is 0 Å². The third kappa shape index (κ3) is 6.73. The maximum Gasteiger partial charge on any atom is 0.407 e. The Kier molecular flexibility index (Phi) is 8.35. The van der Waals surface area contributed by atoms with Gasteiger partial charge >= 0.3 is 11.8 Å². The van der Waals surface area contributed by atoms with E-state index in [1.54, 1.807) is 19.2 Å². The van der Waals surface area contributed by atoms with Crippen LogP contribution >= 0.6 is 0 Å². The highest BCUT2D eigenvalue weighted by atomic mass is 16.6. The minimum absolute atomic E-state index is 0.190. The Hall–Kier alpha value is -3.58. The van der Waals surface area contributed by atoms with Crippen molar-refractivity contribution < 1.29 is 23.9 Å². The van der Waals surface area contributed by atoms with E-state index in [9.17, 15) is 19.2 Å². The van der Waals surface area contributed by atoms with Gasteiger partial charge in [0.2, 0.25) is 11.8 Å². The van der Waals surface area contributed by atoms with E-state index >= 15 is 0 Å². The summed E-state index contributed by atoms with van der Waals surface area (Å²) in [4.78, 5) is 48.4. The lowest BCUT2D eigenvalue weighted by molar-refractivity contribution is -0.135. The molecule has 0 aliphatic carbocycles. The number of piperidine rings is 1. The summed E-state index contributed by atoms with van der Waals surface area (Å²) in [7, 11) is 1.65. The number of nitrogens with zero attached hydrogens (tertiary/aromatic N) is 2. The Bertz CT molecular complexity index is 1220. The second-order valence-electron chi connectivity index (χ2n) is 9.30. The molecular weight excluding hydrogens is 452 g/mol. The standard InChI is InChI=1S/C25H32N4O6/c1-25(2,3)35-23(32)26-14-8-16-34-15-6-5-9-17-10-7-11-18-21(17)28(4)24(33)29(18)19-12-13-20(30)27-22(19)31/h7,10-11,19H,6,8,12-16H2,1-4H3,(H,26,32)(H,27,30,31). The molecule has 1 aromatic heterocycles. The molecule has 3 rings (SSSR count). The van der Waals surface area contributed by atoms with Crippen molar-refractivity contribution in [3.8, 4) is 11.8 Å². The number of nitrogens with one attached hydrogen (secondary N) is 2. The molecule has 3 amide bonds. The van der Waals surface area contributed by atoms with Crippen LogP contribution in [0.5, 0.6) is 0 Å². The van der Waals surface area contributed by atoms with Gasteiger partial charge in [0.25, 0.3) is 0 Å². The minimum atomic E-state index is -0.731. The number of carbonyl (C=O) groups excluding carboxylic acids is 3. The van der Waals surface area contributed by atoms with Crippen molar-refractivity contribution in [2.75, 3.05) is 19.8 Å². The molecule has 2 aromatic rings. The van der Waals surface area contributed by atoms with Crippen molar-refractivity contribution in [3.05, 3.63) is 34.2 Å². The van der Waals surface area contributed by atoms with Gasteiger partial charge in [-0.3, -0.25) is 24.0 Å². The number of amides is 3. The Balaban J connectivity index is 1.55. The average molecular weight is 485 g/mol. The second kappa shape index (κ2) is 11.2. The van der Waals surface area contributed by atoms with E-state index in [-0.39, 0.29) is 24.4 Å². The predicted octanol–water partition coefficient (Wildman–Crippen LogP) is 1.99. The van der Waals surface area contributed by atoms with Crippen molar-refractivity contribution in [1.82, 2.24) is 19.8 Å². The van der Waals surface area contributed by atoms with Gasteiger partial charge in [0, 0.05) is 33.0 Å². The van der Waals surface area contributed by atoms with E-state index in [1.165, 1.54) is 9.13 Å². The first kappa shape index (κ1) is 26.0. The number of rotatable bonds is 7. The Morgan fingerprint density at radius 3 is 2.71 bits per heavy atom. The minimum Gasteiger partial charge on any atom is -0.444 e. The molecule has 10 nitrogen and oxygen atoms in total. The lowest BCUT2D eigenvalue weighted by Crippen LogP contribution is -2.44. The van der Waals surface area contributed by atoms with Crippen LogP contribution in [0.4, 0.5) is 4.79 Å². The van der Waals surface area contributed by atoms with Crippen molar-refractivity contribution in [2.24, 2.45) is 7.05 Å². The summed E-state index contributed by atoms with van der Waals surface area (Å²) in [5, 5.41) is 4.99. The number of imidazole rings is 1. The molecule has 35 heavy (non-hydrogen) atoms. The number of aromatic nitrogens is 2. The van der Waals surface area contributed by atoms with Crippen molar-refractivity contribution in [1.29, 1.82) is 0 Å². The van der Waals surface area contributed by atoms with Gasteiger partial charge in [-0.1, -0.05) is 17.9 Å². The van der Waals surface area contributed by atoms with Crippen LogP contribution in [0, 0.1) is 11.8 Å². The van der Waals surface area contributed by atoms with Gasteiger partial charge in [-0.15, -0.1) is 0 Å². The van der Waals surface area contributed by atoms with Crippen LogP contribution in [0.25, 0.3) is 11.0 Å². The highest BCUT2D eigenvalue weighted by Crippen LogP contribution is 2.24. The highest BCUT2D eigenvalue weighted by molar-refractivity contribution is 6.00. The number of carbonyl (C=O) groups is 3. The normalized spacial score (nSPS) is 15.9. The molecule has 1 atom stereocenters. The van der Waals surface area contributed by atoms with E-state index < -0.39 is 23.6 Å². The summed E-state index contributed by atoms with van der Waals surface area (Å²) >= 11 is 0. The molecule has 0 spiro atoms. The SMILES string of the molecule is Cn1c(=O)n(C2CCC(=O)NC2=O)c2cccc(C#CCCOCCCNC(=O)OC(C)(C)C)c21. The topological polar surface area (TPSA) is 121 Å². The molecule has 1 aromatic carbocycles. The van der Waals surface area contributed by atoms with Crippen molar-refractivity contribution in [2.45, 2.75) is 58.1 Å². The van der Waals surface area contributed by atoms with Gasteiger partial charge < -0.3 is 14.8 Å². The van der Waals surface area contributed by atoms with Crippen LogP contribution in [-0.4, -0.2) is 52.4 Å². The molecule has 0 radical (unpaired) electrons. The Morgan fingerprint density at radius 1 is 1.23 bits per heavy atom. The molecule has 2 N–H and O–H groups in total. The third-order valence-electron chi connectivity index (χ3n) is 5.35. The fourth-order valence-electron chi connectivity index (χ4n) is 3.83. The molecule has 2 heterocycles. The number of hydrogen-bond donors (Lipinski definition) is 2. The molecule has 1 aliphatic heterocycles. The van der Waals surface area contributed by atoms with Gasteiger partial charge in [-0.25, -0.2) is 9.59 Å². The number of fused-ring (bicyclic) bond motifs is 1. The number of ether oxygens (including phenoxy) is 2. The molecule has 1 aliphatic rings. The van der Waals surface area contributed by atoms with Gasteiger partial charge in [0.05, 0.1) is 23.2 Å². The molecule has 188 valence electrons. The predicted molar refractivity (Wildman–Crippen MR) is 130 cm³/mol. The molecule has 0 bridgehead atoms. The van der Waals surface area contributed by atoms with E-state index in [4.69, 9.17) is 9.47 Å². The molecule has 10 heteroatoms. The lowest BCUT2D eigenvalue weighted by Gasteiger charge is -2.21. The number of hydrogen-bond acceptors (Lipinski definition) is 6. The van der Waals surface area contributed by atoms with Crippen LogP contribution in [0.3, 0.4) is 0 Å². The van der Waals surface area contributed by atoms with E-state index in [1.807, 2.05) is 26.8 Å². The van der Waals surface area contributed by atoms with Crippen LogP contribution < -0.4 is 16.3 Å². The molecule has 1 fully saturated rings. The lowest BCUT2D eigenvalue weighted by atomic mass is 10.1. The van der Waals surface area contributed by atoms with Crippen LogP contribution in [0.15, 0.2) is 23.0 Å². The number of alkyl carbamates (subject to hydrolysis) is 1. The molecule has 1 unspecified atom stereocenters. The number of para-hydroxylation sites is 1. The van der Waals surface area contributed by atoms with Gasteiger partial charge in [-0.2, -0.15) is 0 Å². The van der Waals surface area contributed by atoms with Crippen LogP contribution in [0.2, 0.25) is 0 Å². The first-order valence-corrected chi connectivity index (χ1v) is 11.7. The average Bonchev–Trinajstić information content (AvgIpc) is 3.02.